The van der Waals surface area contributed by atoms with E-state index in [9.17, 15) is 9.59 Å². The van der Waals surface area contributed by atoms with Crippen molar-refractivity contribution in [3.8, 4) is 0 Å². The number of thioether (sulfide) groups is 1. The highest BCUT2D eigenvalue weighted by Gasteiger charge is 2.24. The Balaban J connectivity index is 1.53. The van der Waals surface area contributed by atoms with Crippen LogP contribution in [0.2, 0.25) is 0 Å². The largest absolute Gasteiger partial charge is 0.336 e. The van der Waals surface area contributed by atoms with E-state index in [0.29, 0.717) is 5.56 Å². The van der Waals surface area contributed by atoms with Crippen LogP contribution in [-0.4, -0.2) is 41.3 Å². The number of hydrogen-bond acceptors (Lipinski definition) is 4. The standard InChI is InChI=1S/C27H29N3O2S/c1-20-23(19-30-15-17-33-18-16-30)13-8-14-24(20)28-27(32)25(21-9-4-2-5-10-21)29-26(31)22-11-6-3-7-12-22/h2-14,25H,15-19H2,1H3,(H,28,32)(H,29,31). The number of rotatable bonds is 7. The van der Waals surface area contributed by atoms with Crippen molar-refractivity contribution in [2.75, 3.05) is 29.9 Å². The summed E-state index contributed by atoms with van der Waals surface area (Å²) < 4.78 is 0. The van der Waals surface area contributed by atoms with Crippen LogP contribution in [-0.2, 0) is 11.3 Å². The lowest BCUT2D eigenvalue weighted by molar-refractivity contribution is -0.118. The van der Waals surface area contributed by atoms with Crippen LogP contribution in [0, 0.1) is 6.92 Å². The predicted molar refractivity (Wildman–Crippen MR) is 136 cm³/mol. The van der Waals surface area contributed by atoms with Crippen LogP contribution in [0.15, 0.2) is 78.9 Å². The summed E-state index contributed by atoms with van der Waals surface area (Å²) in [5.41, 5.74) is 4.30. The van der Waals surface area contributed by atoms with Gasteiger partial charge >= 0.3 is 0 Å². The summed E-state index contributed by atoms with van der Waals surface area (Å²) in [4.78, 5) is 28.7. The van der Waals surface area contributed by atoms with Gasteiger partial charge < -0.3 is 10.6 Å². The number of anilines is 1. The third kappa shape index (κ3) is 6.03. The Labute approximate surface area is 199 Å². The average molecular weight is 460 g/mol. The third-order valence-corrected chi connectivity index (χ3v) is 6.85. The molecule has 3 aromatic carbocycles. The van der Waals surface area contributed by atoms with Crippen LogP contribution in [0.1, 0.15) is 33.1 Å². The van der Waals surface area contributed by atoms with Crippen molar-refractivity contribution in [1.29, 1.82) is 0 Å². The number of nitrogens with one attached hydrogen (secondary N) is 2. The van der Waals surface area contributed by atoms with Crippen molar-refractivity contribution in [2.24, 2.45) is 0 Å². The maximum absolute atomic E-state index is 13.4. The summed E-state index contributed by atoms with van der Waals surface area (Å²) in [6, 6.07) is 23.5. The second-order valence-electron chi connectivity index (χ2n) is 8.15. The van der Waals surface area contributed by atoms with E-state index in [0.717, 1.165) is 48.0 Å². The Hall–Kier alpha value is -3.09. The molecule has 0 aromatic heterocycles. The molecule has 5 nitrogen and oxygen atoms in total. The third-order valence-electron chi connectivity index (χ3n) is 5.91. The monoisotopic (exact) mass is 459 g/mol. The van der Waals surface area contributed by atoms with Gasteiger partial charge in [-0.3, -0.25) is 14.5 Å². The summed E-state index contributed by atoms with van der Waals surface area (Å²) in [5, 5.41) is 5.97. The van der Waals surface area contributed by atoms with Crippen LogP contribution < -0.4 is 10.6 Å². The number of carbonyl (C=O) groups is 2. The van der Waals surface area contributed by atoms with Crippen molar-refractivity contribution >= 4 is 29.3 Å². The molecule has 2 N–H and O–H groups in total. The summed E-state index contributed by atoms with van der Waals surface area (Å²) in [5.74, 6) is 1.78. The van der Waals surface area contributed by atoms with Crippen molar-refractivity contribution in [2.45, 2.75) is 19.5 Å². The Morgan fingerprint density at radius 1 is 0.909 bits per heavy atom. The lowest BCUT2D eigenvalue weighted by atomic mass is 10.0. The summed E-state index contributed by atoms with van der Waals surface area (Å²) in [7, 11) is 0. The second kappa shape index (κ2) is 11.2. The van der Waals surface area contributed by atoms with E-state index in [4.69, 9.17) is 0 Å². The number of amides is 2. The zero-order chi connectivity index (χ0) is 23.0. The fourth-order valence-electron chi connectivity index (χ4n) is 3.94. The van der Waals surface area contributed by atoms with Crippen LogP contribution in [0.3, 0.4) is 0 Å². The van der Waals surface area contributed by atoms with Crippen molar-refractivity contribution in [1.82, 2.24) is 10.2 Å². The molecule has 1 heterocycles. The molecule has 33 heavy (non-hydrogen) atoms. The van der Waals surface area contributed by atoms with Crippen LogP contribution >= 0.6 is 11.8 Å². The summed E-state index contributed by atoms with van der Waals surface area (Å²) in [6.45, 7) is 5.09. The van der Waals surface area contributed by atoms with Gasteiger partial charge in [0.15, 0.2) is 0 Å². The second-order valence-corrected chi connectivity index (χ2v) is 9.38. The fourth-order valence-corrected chi connectivity index (χ4v) is 4.92. The maximum Gasteiger partial charge on any atom is 0.252 e. The molecule has 0 aliphatic carbocycles. The van der Waals surface area contributed by atoms with Gasteiger partial charge in [-0.25, -0.2) is 0 Å². The van der Waals surface area contributed by atoms with E-state index in [1.807, 2.05) is 79.3 Å². The number of nitrogens with zero attached hydrogens (tertiary/aromatic N) is 1. The molecule has 4 rings (SSSR count). The molecule has 1 atom stereocenters. The van der Waals surface area contributed by atoms with Crippen molar-refractivity contribution in [3.05, 3.63) is 101 Å². The molecule has 3 aromatic rings. The smallest absolute Gasteiger partial charge is 0.252 e. The fraction of sp³-hybridized carbons (Fsp3) is 0.259. The predicted octanol–water partition coefficient (Wildman–Crippen LogP) is 4.65. The van der Waals surface area contributed by atoms with Crippen LogP contribution in [0.5, 0.6) is 0 Å². The first-order valence-corrected chi connectivity index (χ1v) is 12.4. The molecule has 6 heteroatoms. The van der Waals surface area contributed by atoms with E-state index >= 15 is 0 Å². The van der Waals surface area contributed by atoms with E-state index in [-0.39, 0.29) is 11.8 Å². The van der Waals surface area contributed by atoms with Gasteiger partial charge in [-0.15, -0.1) is 0 Å². The van der Waals surface area contributed by atoms with E-state index in [2.05, 4.69) is 21.6 Å². The van der Waals surface area contributed by atoms with Gasteiger partial charge in [0, 0.05) is 42.4 Å². The van der Waals surface area contributed by atoms with E-state index in [1.54, 1.807) is 12.1 Å². The Kier molecular flexibility index (Phi) is 7.81. The van der Waals surface area contributed by atoms with Gasteiger partial charge in [0.2, 0.25) is 0 Å². The van der Waals surface area contributed by atoms with E-state index < -0.39 is 6.04 Å². The Morgan fingerprint density at radius 3 is 2.27 bits per heavy atom. The normalized spacial score (nSPS) is 14.9. The van der Waals surface area contributed by atoms with Crippen LogP contribution in [0.25, 0.3) is 0 Å². The number of benzene rings is 3. The van der Waals surface area contributed by atoms with E-state index in [1.165, 1.54) is 5.56 Å². The molecule has 170 valence electrons. The van der Waals surface area contributed by atoms with Gasteiger partial charge in [-0.1, -0.05) is 60.7 Å². The minimum atomic E-state index is -0.805. The molecule has 0 radical (unpaired) electrons. The topological polar surface area (TPSA) is 61.4 Å². The molecule has 1 unspecified atom stereocenters. The van der Waals surface area contributed by atoms with Gasteiger partial charge in [0.25, 0.3) is 11.8 Å². The number of hydrogen-bond donors (Lipinski definition) is 2. The molecule has 2 amide bonds. The Bertz CT molecular complexity index is 1080. The minimum absolute atomic E-state index is 0.264. The molecule has 0 saturated carbocycles. The van der Waals surface area contributed by atoms with Gasteiger partial charge in [0.05, 0.1) is 0 Å². The molecule has 0 bridgehead atoms. The van der Waals surface area contributed by atoms with Gasteiger partial charge in [-0.05, 0) is 41.8 Å². The molecular weight excluding hydrogens is 430 g/mol. The molecule has 1 fully saturated rings. The zero-order valence-corrected chi connectivity index (χ0v) is 19.6. The first-order chi connectivity index (χ1) is 16.1. The zero-order valence-electron chi connectivity index (χ0n) is 18.8. The van der Waals surface area contributed by atoms with Crippen LogP contribution in [0.4, 0.5) is 5.69 Å². The molecule has 1 aliphatic heterocycles. The SMILES string of the molecule is Cc1c(CN2CCSCC2)cccc1NC(=O)C(NC(=O)c1ccccc1)c1ccccc1. The quantitative estimate of drug-likeness (QED) is 0.540. The first kappa shape index (κ1) is 23.1. The molecule has 0 spiro atoms. The average Bonchev–Trinajstić information content (AvgIpc) is 2.86. The summed E-state index contributed by atoms with van der Waals surface area (Å²) in [6.07, 6.45) is 0. The minimum Gasteiger partial charge on any atom is -0.336 e. The highest BCUT2D eigenvalue weighted by molar-refractivity contribution is 7.99. The lowest BCUT2D eigenvalue weighted by Crippen LogP contribution is -2.37. The van der Waals surface area contributed by atoms with Crippen molar-refractivity contribution < 1.29 is 9.59 Å². The lowest BCUT2D eigenvalue weighted by Gasteiger charge is -2.27. The summed E-state index contributed by atoms with van der Waals surface area (Å²) >= 11 is 2.00. The van der Waals surface area contributed by atoms with Gasteiger partial charge in [0.1, 0.15) is 6.04 Å². The highest BCUT2D eigenvalue weighted by Crippen LogP contribution is 2.24. The molecule has 1 aliphatic rings. The number of carbonyl (C=O) groups excluding carboxylic acids is 2. The molecule has 1 saturated heterocycles. The first-order valence-electron chi connectivity index (χ1n) is 11.2. The highest BCUT2D eigenvalue weighted by atomic mass is 32.2. The van der Waals surface area contributed by atoms with Gasteiger partial charge in [-0.2, -0.15) is 11.8 Å². The maximum atomic E-state index is 13.4. The Morgan fingerprint density at radius 2 is 1.58 bits per heavy atom. The van der Waals surface area contributed by atoms with Crippen molar-refractivity contribution in [3.63, 3.8) is 0 Å². The molecular formula is C27H29N3O2S.